The summed E-state index contributed by atoms with van der Waals surface area (Å²) < 4.78 is 14.2. The van der Waals surface area contributed by atoms with Gasteiger partial charge in [0.05, 0.1) is 10.2 Å². The van der Waals surface area contributed by atoms with Crippen molar-refractivity contribution in [2.75, 3.05) is 6.79 Å². The number of nitrogens with one attached hydrogen (secondary N) is 1. The summed E-state index contributed by atoms with van der Waals surface area (Å²) in [4.78, 5) is 12.9. The highest BCUT2D eigenvalue weighted by molar-refractivity contribution is 7.17. The second-order valence-corrected chi connectivity index (χ2v) is 7.83. The van der Waals surface area contributed by atoms with Gasteiger partial charge in [-0.1, -0.05) is 18.9 Å². The average molecular weight is 368 g/mol. The van der Waals surface area contributed by atoms with Crippen LogP contribution in [0.5, 0.6) is 11.5 Å². The van der Waals surface area contributed by atoms with Gasteiger partial charge in [-0.2, -0.15) is 0 Å². The lowest BCUT2D eigenvalue weighted by Gasteiger charge is -2.17. The molecule has 0 radical (unpaired) electrons. The van der Waals surface area contributed by atoms with Gasteiger partial charge < -0.3 is 19.4 Å². The van der Waals surface area contributed by atoms with Gasteiger partial charge in [0.2, 0.25) is 6.79 Å². The van der Waals surface area contributed by atoms with Crippen molar-refractivity contribution >= 4 is 27.5 Å². The molecule has 134 valence electrons. The zero-order valence-corrected chi connectivity index (χ0v) is 15.2. The van der Waals surface area contributed by atoms with Crippen LogP contribution < -0.4 is 14.8 Å². The maximum Gasteiger partial charge on any atom is 0.268 e. The largest absolute Gasteiger partial charge is 0.454 e. The van der Waals surface area contributed by atoms with Crippen LogP contribution in [0.3, 0.4) is 0 Å². The van der Waals surface area contributed by atoms with Crippen molar-refractivity contribution in [3.05, 3.63) is 47.0 Å². The third kappa shape index (κ3) is 2.65. The summed E-state index contributed by atoms with van der Waals surface area (Å²) in [7, 11) is 0. The first-order valence-corrected chi connectivity index (χ1v) is 9.93. The van der Waals surface area contributed by atoms with Crippen molar-refractivity contribution in [2.45, 2.75) is 38.3 Å². The van der Waals surface area contributed by atoms with Crippen molar-refractivity contribution in [3.8, 4) is 11.5 Å². The molecule has 3 aromatic rings. The van der Waals surface area contributed by atoms with Gasteiger partial charge in [0.15, 0.2) is 11.5 Å². The molecule has 1 fully saturated rings. The smallest absolute Gasteiger partial charge is 0.268 e. The number of hydrogen-bond donors (Lipinski definition) is 1. The number of hydrogen-bond acceptors (Lipinski definition) is 4. The molecule has 5 rings (SSSR count). The van der Waals surface area contributed by atoms with Gasteiger partial charge >= 0.3 is 0 Å². The number of thiophene rings is 1. The Balaban J connectivity index is 1.38. The summed E-state index contributed by atoms with van der Waals surface area (Å²) in [5.41, 5.74) is 2.97. The van der Waals surface area contributed by atoms with E-state index < -0.39 is 0 Å². The molecule has 6 heteroatoms. The minimum atomic E-state index is -0.0158. The van der Waals surface area contributed by atoms with Gasteiger partial charge in [-0.05, 0) is 48.1 Å². The van der Waals surface area contributed by atoms with E-state index in [1.54, 1.807) is 11.3 Å². The molecular weight excluding hydrogens is 348 g/mol. The highest BCUT2D eigenvalue weighted by Gasteiger charge is 2.25. The SMILES string of the molecule is O=C(NCc1ccc2c(c1)OCO2)c1cc2sccc2n1C1CCCC1. The Labute approximate surface area is 155 Å². The van der Waals surface area contributed by atoms with E-state index in [-0.39, 0.29) is 12.7 Å². The van der Waals surface area contributed by atoms with Gasteiger partial charge in [-0.3, -0.25) is 4.79 Å². The molecule has 0 atom stereocenters. The van der Waals surface area contributed by atoms with Crippen LogP contribution >= 0.6 is 11.3 Å². The summed E-state index contributed by atoms with van der Waals surface area (Å²) in [5.74, 6) is 1.49. The van der Waals surface area contributed by atoms with E-state index in [9.17, 15) is 4.79 Å². The van der Waals surface area contributed by atoms with E-state index in [0.29, 0.717) is 12.6 Å². The van der Waals surface area contributed by atoms with Crippen LogP contribution in [0.4, 0.5) is 0 Å². The Morgan fingerprint density at radius 3 is 2.88 bits per heavy atom. The zero-order valence-electron chi connectivity index (χ0n) is 14.4. The molecule has 1 amide bonds. The van der Waals surface area contributed by atoms with Crippen molar-refractivity contribution in [1.82, 2.24) is 9.88 Å². The zero-order chi connectivity index (χ0) is 17.5. The molecule has 1 aliphatic carbocycles. The Morgan fingerprint density at radius 1 is 1.15 bits per heavy atom. The van der Waals surface area contributed by atoms with Gasteiger partial charge in [0.1, 0.15) is 5.69 Å². The third-order valence-corrected chi connectivity index (χ3v) is 6.13. The number of ether oxygens (including phenoxy) is 2. The summed E-state index contributed by atoms with van der Waals surface area (Å²) in [5, 5.41) is 5.17. The lowest BCUT2D eigenvalue weighted by Crippen LogP contribution is -2.26. The van der Waals surface area contributed by atoms with Crippen molar-refractivity contribution in [2.24, 2.45) is 0 Å². The molecule has 0 saturated heterocycles. The van der Waals surface area contributed by atoms with E-state index >= 15 is 0 Å². The first-order chi connectivity index (χ1) is 12.8. The van der Waals surface area contributed by atoms with Gasteiger partial charge in [0, 0.05) is 12.6 Å². The number of benzene rings is 1. The Bertz CT molecular complexity index is 969. The summed E-state index contributed by atoms with van der Waals surface area (Å²) in [6.07, 6.45) is 4.80. The molecule has 1 N–H and O–H groups in total. The molecule has 3 heterocycles. The van der Waals surface area contributed by atoms with Gasteiger partial charge in [-0.25, -0.2) is 0 Å². The van der Waals surface area contributed by atoms with E-state index in [1.807, 2.05) is 24.3 Å². The lowest BCUT2D eigenvalue weighted by molar-refractivity contribution is 0.0940. The van der Waals surface area contributed by atoms with Crippen LogP contribution in [-0.4, -0.2) is 17.3 Å². The topological polar surface area (TPSA) is 52.5 Å². The number of nitrogens with zero attached hydrogens (tertiary/aromatic N) is 1. The van der Waals surface area contributed by atoms with Crippen LogP contribution in [0, 0.1) is 0 Å². The summed E-state index contributed by atoms with van der Waals surface area (Å²) in [6, 6.07) is 10.4. The molecule has 1 saturated carbocycles. The van der Waals surface area contributed by atoms with Crippen LogP contribution in [-0.2, 0) is 6.54 Å². The molecule has 2 aliphatic rings. The third-order valence-electron chi connectivity index (χ3n) is 5.27. The molecule has 0 unspecified atom stereocenters. The van der Waals surface area contributed by atoms with Crippen molar-refractivity contribution in [1.29, 1.82) is 0 Å². The second kappa shape index (κ2) is 6.36. The predicted octanol–water partition coefficient (Wildman–Crippen LogP) is 4.48. The molecule has 1 aliphatic heterocycles. The second-order valence-electron chi connectivity index (χ2n) is 6.88. The lowest BCUT2D eigenvalue weighted by atomic mass is 10.2. The molecule has 1 aromatic carbocycles. The maximum atomic E-state index is 12.9. The standard InChI is InChI=1S/C20H20N2O3S/c23-20(21-11-13-5-6-17-18(9-13)25-12-24-17)16-10-19-15(7-8-26-19)22(16)14-3-1-2-4-14/h5-10,14H,1-4,11-12H2,(H,21,23). The van der Waals surface area contributed by atoms with Crippen LogP contribution in [0.25, 0.3) is 10.2 Å². The quantitative estimate of drug-likeness (QED) is 0.739. The Kier molecular flexibility index (Phi) is 3.85. The number of carbonyl (C=O) groups excluding carboxylic acids is 1. The minimum absolute atomic E-state index is 0.0158. The summed E-state index contributed by atoms with van der Waals surface area (Å²) in [6.45, 7) is 0.732. The van der Waals surface area contributed by atoms with Crippen LogP contribution in [0.2, 0.25) is 0 Å². The van der Waals surface area contributed by atoms with Crippen LogP contribution in [0.15, 0.2) is 35.7 Å². The number of aromatic nitrogens is 1. The number of rotatable bonds is 4. The molecule has 0 spiro atoms. The molecule has 2 aromatic heterocycles. The minimum Gasteiger partial charge on any atom is -0.454 e. The first-order valence-electron chi connectivity index (χ1n) is 9.05. The molecule has 5 nitrogen and oxygen atoms in total. The van der Waals surface area contributed by atoms with Crippen molar-refractivity contribution in [3.63, 3.8) is 0 Å². The maximum absolute atomic E-state index is 12.9. The number of amides is 1. The Hall–Kier alpha value is -2.47. The highest BCUT2D eigenvalue weighted by atomic mass is 32.1. The fraction of sp³-hybridized carbons (Fsp3) is 0.350. The Morgan fingerprint density at radius 2 is 2.00 bits per heavy atom. The average Bonchev–Trinajstić information content (AvgIpc) is 3.42. The fourth-order valence-electron chi connectivity index (χ4n) is 4.00. The van der Waals surface area contributed by atoms with E-state index in [4.69, 9.17) is 9.47 Å². The van der Waals surface area contributed by atoms with E-state index in [1.165, 1.54) is 23.1 Å². The number of fused-ring (bicyclic) bond motifs is 2. The fourth-order valence-corrected chi connectivity index (χ4v) is 4.81. The molecule has 0 bridgehead atoms. The van der Waals surface area contributed by atoms with Crippen molar-refractivity contribution < 1.29 is 14.3 Å². The molecular formula is C20H20N2O3S. The first kappa shape index (κ1) is 15.8. The molecule has 26 heavy (non-hydrogen) atoms. The van der Waals surface area contributed by atoms with E-state index in [2.05, 4.69) is 21.3 Å². The van der Waals surface area contributed by atoms with E-state index in [0.717, 1.165) is 35.6 Å². The van der Waals surface area contributed by atoms with Crippen LogP contribution in [0.1, 0.15) is 47.8 Å². The van der Waals surface area contributed by atoms with Gasteiger partial charge in [-0.15, -0.1) is 11.3 Å². The normalized spacial score (nSPS) is 16.5. The highest BCUT2D eigenvalue weighted by Crippen LogP contribution is 2.36. The van der Waals surface area contributed by atoms with Gasteiger partial charge in [0.25, 0.3) is 5.91 Å². The summed E-state index contributed by atoms with van der Waals surface area (Å²) >= 11 is 1.70. The predicted molar refractivity (Wildman–Crippen MR) is 101 cm³/mol. The number of carbonyl (C=O) groups is 1. The monoisotopic (exact) mass is 368 g/mol.